The number of nitrogens with zero attached hydrogens (tertiary/aromatic N) is 2. The molecule has 20 heavy (non-hydrogen) atoms. The van der Waals surface area contributed by atoms with E-state index < -0.39 is 0 Å². The molecule has 1 aromatic heterocycles. The van der Waals surface area contributed by atoms with Crippen LogP contribution in [0.1, 0.15) is 22.7 Å². The second-order valence-electron chi connectivity index (χ2n) is 5.18. The number of rotatable bonds is 4. The Morgan fingerprint density at radius 2 is 2.20 bits per heavy atom. The fourth-order valence-electron chi connectivity index (χ4n) is 2.55. The SMILES string of the molecule is Cc1nc2cc(C(=O)CCN3CCNCC3)ccc2o1. The Kier molecular flexibility index (Phi) is 3.80. The highest BCUT2D eigenvalue weighted by Gasteiger charge is 2.13. The van der Waals surface area contributed by atoms with Crippen molar-refractivity contribution < 1.29 is 9.21 Å². The maximum Gasteiger partial charge on any atom is 0.192 e. The van der Waals surface area contributed by atoms with Gasteiger partial charge in [-0.3, -0.25) is 4.79 Å². The van der Waals surface area contributed by atoms with Crippen molar-refractivity contribution in [2.75, 3.05) is 32.7 Å². The Hall–Kier alpha value is -1.72. The summed E-state index contributed by atoms with van der Waals surface area (Å²) in [6.45, 7) is 6.71. The zero-order valence-corrected chi connectivity index (χ0v) is 11.7. The van der Waals surface area contributed by atoms with Crippen LogP contribution < -0.4 is 5.32 Å². The molecule has 5 heteroatoms. The van der Waals surface area contributed by atoms with Gasteiger partial charge in [0.15, 0.2) is 17.3 Å². The molecule has 3 rings (SSSR count). The van der Waals surface area contributed by atoms with Crippen molar-refractivity contribution in [3.63, 3.8) is 0 Å². The van der Waals surface area contributed by atoms with Crippen LogP contribution in [0.5, 0.6) is 0 Å². The molecule has 0 aliphatic carbocycles. The first-order valence-corrected chi connectivity index (χ1v) is 7.06. The lowest BCUT2D eigenvalue weighted by atomic mass is 10.1. The highest BCUT2D eigenvalue weighted by molar-refractivity contribution is 5.98. The van der Waals surface area contributed by atoms with Crippen LogP contribution >= 0.6 is 0 Å². The van der Waals surface area contributed by atoms with Gasteiger partial charge < -0.3 is 14.6 Å². The molecule has 0 atom stereocenters. The summed E-state index contributed by atoms with van der Waals surface area (Å²) < 4.78 is 5.42. The van der Waals surface area contributed by atoms with Gasteiger partial charge in [0.25, 0.3) is 0 Å². The molecule has 0 saturated carbocycles. The van der Waals surface area contributed by atoms with Gasteiger partial charge in [-0.15, -0.1) is 0 Å². The fourth-order valence-corrected chi connectivity index (χ4v) is 2.55. The zero-order chi connectivity index (χ0) is 13.9. The monoisotopic (exact) mass is 273 g/mol. The number of benzene rings is 1. The number of carbonyl (C=O) groups excluding carboxylic acids is 1. The van der Waals surface area contributed by atoms with Crippen LogP contribution in [-0.4, -0.2) is 48.4 Å². The van der Waals surface area contributed by atoms with Crippen molar-refractivity contribution in [2.24, 2.45) is 0 Å². The topological polar surface area (TPSA) is 58.4 Å². The number of fused-ring (bicyclic) bond motifs is 1. The van der Waals surface area contributed by atoms with E-state index in [1.165, 1.54) is 0 Å². The lowest BCUT2D eigenvalue weighted by molar-refractivity contribution is 0.0961. The lowest BCUT2D eigenvalue weighted by Crippen LogP contribution is -2.44. The molecule has 106 valence electrons. The molecule has 1 aliphatic heterocycles. The molecule has 0 amide bonds. The summed E-state index contributed by atoms with van der Waals surface area (Å²) in [7, 11) is 0. The molecule has 0 radical (unpaired) electrons. The maximum absolute atomic E-state index is 12.2. The molecule has 2 heterocycles. The van der Waals surface area contributed by atoms with Gasteiger partial charge in [-0.05, 0) is 18.2 Å². The molecule has 1 aromatic carbocycles. The average molecular weight is 273 g/mol. The summed E-state index contributed by atoms with van der Waals surface area (Å²) in [6.07, 6.45) is 0.558. The predicted molar refractivity (Wildman–Crippen MR) is 77.0 cm³/mol. The fraction of sp³-hybridized carbons (Fsp3) is 0.467. The molecule has 1 N–H and O–H groups in total. The summed E-state index contributed by atoms with van der Waals surface area (Å²) in [6, 6.07) is 5.48. The average Bonchev–Trinajstić information content (AvgIpc) is 2.85. The smallest absolute Gasteiger partial charge is 0.192 e. The van der Waals surface area contributed by atoms with E-state index in [9.17, 15) is 4.79 Å². The van der Waals surface area contributed by atoms with Crippen molar-refractivity contribution in [3.05, 3.63) is 29.7 Å². The molecule has 0 bridgehead atoms. The number of nitrogens with one attached hydrogen (secondary N) is 1. The number of aryl methyl sites for hydroxylation is 1. The number of Topliss-reactive ketones (excluding diaryl/α,β-unsaturated/α-hetero) is 1. The van der Waals surface area contributed by atoms with Crippen LogP contribution in [0.25, 0.3) is 11.1 Å². The number of ketones is 1. The van der Waals surface area contributed by atoms with Crippen LogP contribution in [0.4, 0.5) is 0 Å². The van der Waals surface area contributed by atoms with Gasteiger partial charge in [-0.1, -0.05) is 0 Å². The predicted octanol–water partition coefficient (Wildman–Crippen LogP) is 1.61. The summed E-state index contributed by atoms with van der Waals surface area (Å²) in [5, 5.41) is 3.31. The number of oxazole rings is 1. The first-order chi connectivity index (χ1) is 9.72. The normalized spacial score (nSPS) is 16.6. The van der Waals surface area contributed by atoms with Crippen LogP contribution in [0.15, 0.2) is 22.6 Å². The molecule has 1 fully saturated rings. The first-order valence-electron chi connectivity index (χ1n) is 7.06. The molecule has 0 unspecified atom stereocenters. The largest absolute Gasteiger partial charge is 0.441 e. The zero-order valence-electron chi connectivity index (χ0n) is 11.7. The number of hydrogen-bond acceptors (Lipinski definition) is 5. The standard InChI is InChI=1S/C15H19N3O2/c1-11-17-13-10-12(2-3-15(13)20-11)14(19)4-7-18-8-5-16-6-9-18/h2-3,10,16H,4-9H2,1H3. The maximum atomic E-state index is 12.2. The Morgan fingerprint density at radius 3 is 3.00 bits per heavy atom. The second-order valence-corrected chi connectivity index (χ2v) is 5.18. The highest BCUT2D eigenvalue weighted by atomic mass is 16.3. The number of piperazine rings is 1. The third-order valence-electron chi connectivity index (χ3n) is 3.68. The van der Waals surface area contributed by atoms with Crippen molar-refractivity contribution in [1.82, 2.24) is 15.2 Å². The molecule has 5 nitrogen and oxygen atoms in total. The van der Waals surface area contributed by atoms with Crippen molar-refractivity contribution in [1.29, 1.82) is 0 Å². The van der Waals surface area contributed by atoms with E-state index in [0.717, 1.165) is 49.4 Å². The molecule has 1 aliphatic rings. The molecule has 2 aromatic rings. The van der Waals surface area contributed by atoms with E-state index in [0.29, 0.717) is 12.3 Å². The number of hydrogen-bond donors (Lipinski definition) is 1. The van der Waals surface area contributed by atoms with E-state index in [2.05, 4.69) is 15.2 Å². The van der Waals surface area contributed by atoms with Gasteiger partial charge in [-0.2, -0.15) is 0 Å². The van der Waals surface area contributed by atoms with E-state index in [-0.39, 0.29) is 5.78 Å². The van der Waals surface area contributed by atoms with Crippen LogP contribution in [0.2, 0.25) is 0 Å². The third kappa shape index (κ3) is 2.89. The Morgan fingerprint density at radius 1 is 1.40 bits per heavy atom. The third-order valence-corrected chi connectivity index (χ3v) is 3.68. The van der Waals surface area contributed by atoms with Crippen LogP contribution in [0, 0.1) is 6.92 Å². The number of carbonyl (C=O) groups is 1. The summed E-state index contributed by atoms with van der Waals surface area (Å²) in [5.74, 6) is 0.802. The highest BCUT2D eigenvalue weighted by Crippen LogP contribution is 2.17. The van der Waals surface area contributed by atoms with Crippen LogP contribution in [0.3, 0.4) is 0 Å². The summed E-state index contributed by atoms with van der Waals surface area (Å²) >= 11 is 0. The minimum absolute atomic E-state index is 0.172. The second kappa shape index (κ2) is 5.73. The Bertz CT molecular complexity index is 615. The molecule has 0 spiro atoms. The van der Waals surface area contributed by atoms with Crippen molar-refractivity contribution in [3.8, 4) is 0 Å². The molecular weight excluding hydrogens is 254 g/mol. The molecular formula is C15H19N3O2. The van der Waals surface area contributed by atoms with Gasteiger partial charge in [0.1, 0.15) is 5.52 Å². The Balaban J connectivity index is 1.65. The first kappa shape index (κ1) is 13.3. The molecule has 1 saturated heterocycles. The Labute approximate surface area is 118 Å². The van der Waals surface area contributed by atoms with Gasteiger partial charge in [0, 0.05) is 51.6 Å². The van der Waals surface area contributed by atoms with E-state index in [1.54, 1.807) is 0 Å². The minimum atomic E-state index is 0.172. The van der Waals surface area contributed by atoms with E-state index >= 15 is 0 Å². The quantitative estimate of drug-likeness (QED) is 0.858. The summed E-state index contributed by atoms with van der Waals surface area (Å²) in [5.41, 5.74) is 2.22. The van der Waals surface area contributed by atoms with Gasteiger partial charge in [0.05, 0.1) is 0 Å². The van der Waals surface area contributed by atoms with Gasteiger partial charge >= 0.3 is 0 Å². The van der Waals surface area contributed by atoms with E-state index in [4.69, 9.17) is 4.42 Å². The lowest BCUT2D eigenvalue weighted by Gasteiger charge is -2.26. The van der Waals surface area contributed by atoms with Gasteiger partial charge in [0.2, 0.25) is 0 Å². The minimum Gasteiger partial charge on any atom is -0.441 e. The summed E-state index contributed by atoms with van der Waals surface area (Å²) in [4.78, 5) is 18.8. The van der Waals surface area contributed by atoms with Gasteiger partial charge in [-0.25, -0.2) is 4.98 Å². The van der Waals surface area contributed by atoms with Crippen LogP contribution in [-0.2, 0) is 0 Å². The van der Waals surface area contributed by atoms with E-state index in [1.807, 2.05) is 25.1 Å². The number of aromatic nitrogens is 1. The van der Waals surface area contributed by atoms with Crippen molar-refractivity contribution >= 4 is 16.9 Å². The van der Waals surface area contributed by atoms with Crippen molar-refractivity contribution in [2.45, 2.75) is 13.3 Å².